The van der Waals surface area contributed by atoms with Crippen LogP contribution in [0.5, 0.6) is 0 Å². The molecule has 0 radical (unpaired) electrons. The number of hydrogen-bond acceptors (Lipinski definition) is 6. The molecule has 1 amide bonds. The highest BCUT2D eigenvalue weighted by molar-refractivity contribution is 5.96. The van der Waals surface area contributed by atoms with Crippen molar-refractivity contribution in [1.29, 1.82) is 0 Å². The lowest BCUT2D eigenvalue weighted by Crippen LogP contribution is -2.46. The number of halogens is 4. The second-order valence-corrected chi connectivity index (χ2v) is 10.8. The van der Waals surface area contributed by atoms with Crippen LogP contribution in [-0.4, -0.2) is 64.0 Å². The molecule has 2 aromatic heterocycles. The van der Waals surface area contributed by atoms with Gasteiger partial charge in [-0.3, -0.25) is 4.79 Å². The van der Waals surface area contributed by atoms with Gasteiger partial charge in [-0.2, -0.15) is 18.2 Å². The molecule has 5 rings (SSSR count). The number of carbonyl (C=O) groups excluding carboxylic acids is 1. The Hall–Kier alpha value is -3.15. The first-order valence-corrected chi connectivity index (χ1v) is 12.3. The number of nitrogens with zero attached hydrogens (tertiary/aromatic N) is 4. The van der Waals surface area contributed by atoms with Gasteiger partial charge in [-0.15, -0.1) is 0 Å². The number of hydrogen-bond donors (Lipinski definition) is 2. The van der Waals surface area contributed by atoms with Gasteiger partial charge in [-0.05, 0) is 43.5 Å². The van der Waals surface area contributed by atoms with E-state index in [1.807, 2.05) is 25.8 Å². The Balaban J connectivity index is 1.43. The van der Waals surface area contributed by atoms with Crippen molar-refractivity contribution < 1.29 is 26.9 Å². The van der Waals surface area contributed by atoms with E-state index in [0.717, 1.165) is 17.5 Å². The Labute approximate surface area is 211 Å². The van der Waals surface area contributed by atoms with Crippen LogP contribution in [0, 0.1) is 11.3 Å². The van der Waals surface area contributed by atoms with Gasteiger partial charge in [0.05, 0.1) is 23.8 Å². The standard InChI is InChI=1S/C25H30F4N6O2/c1-24(2)10-15(24)23(36)30-11-21-32-22(33-37-21)20-9-14-17(31-18-7-8-34(3)12-16(18)26)5-4-6-19(14)35(20)13-25(27,28)29/h4-6,9,15-16,18,31H,7-8,10-13H2,1-3H3,(H,30,36)/t15-,16-,18+/m0/s1. The Morgan fingerprint density at radius 1 is 1.30 bits per heavy atom. The van der Waals surface area contributed by atoms with Crippen molar-refractivity contribution in [1.82, 2.24) is 24.9 Å². The topological polar surface area (TPSA) is 88.2 Å². The van der Waals surface area contributed by atoms with Gasteiger partial charge >= 0.3 is 6.18 Å². The maximum atomic E-state index is 14.7. The van der Waals surface area contributed by atoms with Crippen molar-refractivity contribution in [2.75, 3.05) is 25.5 Å². The number of anilines is 1. The summed E-state index contributed by atoms with van der Waals surface area (Å²) >= 11 is 0. The van der Waals surface area contributed by atoms with E-state index in [4.69, 9.17) is 4.52 Å². The molecule has 37 heavy (non-hydrogen) atoms. The first kappa shape index (κ1) is 25.5. The van der Waals surface area contributed by atoms with Crippen LogP contribution >= 0.6 is 0 Å². The van der Waals surface area contributed by atoms with E-state index in [1.165, 1.54) is 0 Å². The minimum absolute atomic E-state index is 0.0151. The monoisotopic (exact) mass is 522 g/mol. The van der Waals surface area contributed by atoms with E-state index in [2.05, 4.69) is 20.8 Å². The highest BCUT2D eigenvalue weighted by Crippen LogP contribution is 2.51. The number of rotatable bonds is 7. The molecule has 3 atom stereocenters. The first-order valence-electron chi connectivity index (χ1n) is 12.3. The van der Waals surface area contributed by atoms with Crippen LogP contribution in [0.2, 0.25) is 0 Å². The average molecular weight is 523 g/mol. The summed E-state index contributed by atoms with van der Waals surface area (Å²) in [5.41, 5.74) is 0.937. The highest BCUT2D eigenvalue weighted by atomic mass is 19.4. The molecular weight excluding hydrogens is 492 g/mol. The molecule has 3 aromatic rings. The van der Waals surface area contributed by atoms with E-state index in [0.29, 0.717) is 23.0 Å². The zero-order valence-corrected chi connectivity index (χ0v) is 20.9. The van der Waals surface area contributed by atoms with Crippen LogP contribution in [0.4, 0.5) is 23.2 Å². The third-order valence-corrected chi connectivity index (χ3v) is 7.31. The van der Waals surface area contributed by atoms with E-state index < -0.39 is 24.9 Å². The fourth-order valence-corrected chi connectivity index (χ4v) is 5.00. The Morgan fingerprint density at radius 3 is 2.73 bits per heavy atom. The lowest BCUT2D eigenvalue weighted by molar-refractivity contribution is -0.139. The highest BCUT2D eigenvalue weighted by Gasteiger charge is 2.50. The molecule has 1 saturated carbocycles. The molecule has 2 N–H and O–H groups in total. The van der Waals surface area contributed by atoms with Crippen LogP contribution in [0.3, 0.4) is 0 Å². The molecule has 3 heterocycles. The van der Waals surface area contributed by atoms with Crippen LogP contribution in [0.15, 0.2) is 28.8 Å². The molecule has 200 valence electrons. The second kappa shape index (κ2) is 9.30. The predicted molar refractivity (Wildman–Crippen MR) is 129 cm³/mol. The summed E-state index contributed by atoms with van der Waals surface area (Å²) in [4.78, 5) is 18.4. The summed E-state index contributed by atoms with van der Waals surface area (Å²) < 4.78 is 61.7. The summed E-state index contributed by atoms with van der Waals surface area (Å²) in [7, 11) is 1.85. The van der Waals surface area contributed by atoms with Crippen molar-refractivity contribution in [3.05, 3.63) is 30.2 Å². The Kier molecular flexibility index (Phi) is 6.41. The number of nitrogens with one attached hydrogen (secondary N) is 2. The van der Waals surface area contributed by atoms with E-state index >= 15 is 0 Å². The molecule has 1 aliphatic carbocycles. The van der Waals surface area contributed by atoms with Crippen molar-refractivity contribution in [3.8, 4) is 11.5 Å². The molecule has 0 spiro atoms. The fraction of sp³-hybridized carbons (Fsp3) is 0.560. The fourth-order valence-electron chi connectivity index (χ4n) is 5.00. The van der Waals surface area contributed by atoms with Crippen LogP contribution in [-0.2, 0) is 17.9 Å². The van der Waals surface area contributed by atoms with E-state index in [-0.39, 0.29) is 47.7 Å². The number of likely N-dealkylation sites (tertiary alicyclic amines) is 1. The molecule has 12 heteroatoms. The zero-order valence-electron chi connectivity index (χ0n) is 20.9. The Bertz CT molecular complexity index is 1300. The van der Waals surface area contributed by atoms with Gasteiger partial charge < -0.3 is 24.6 Å². The van der Waals surface area contributed by atoms with E-state index in [9.17, 15) is 22.4 Å². The summed E-state index contributed by atoms with van der Waals surface area (Å²) in [5, 5.41) is 10.4. The van der Waals surface area contributed by atoms with Gasteiger partial charge in [0.15, 0.2) is 0 Å². The number of alkyl halides is 4. The number of amides is 1. The maximum absolute atomic E-state index is 14.7. The lowest BCUT2D eigenvalue weighted by atomic mass is 10.0. The number of piperidine rings is 1. The minimum Gasteiger partial charge on any atom is -0.379 e. The predicted octanol–water partition coefficient (Wildman–Crippen LogP) is 4.37. The smallest absolute Gasteiger partial charge is 0.379 e. The molecule has 2 aliphatic rings. The quantitative estimate of drug-likeness (QED) is 0.448. The summed E-state index contributed by atoms with van der Waals surface area (Å²) in [6.45, 7) is 3.74. The molecule has 1 aromatic carbocycles. The molecule has 0 unspecified atom stereocenters. The normalized spacial score (nSPS) is 23.8. The van der Waals surface area contributed by atoms with Gasteiger partial charge in [-0.25, -0.2) is 4.39 Å². The SMILES string of the molecule is CN1CC[C@@H](Nc2cccc3c2cc(-c2noc(CNC(=O)[C@@H]4CC4(C)C)n2)n3CC(F)(F)F)[C@@H](F)C1. The molecule has 0 bridgehead atoms. The third kappa shape index (κ3) is 5.43. The van der Waals surface area contributed by atoms with Crippen molar-refractivity contribution in [2.24, 2.45) is 11.3 Å². The van der Waals surface area contributed by atoms with Crippen molar-refractivity contribution in [3.63, 3.8) is 0 Å². The van der Waals surface area contributed by atoms with Gasteiger partial charge in [-0.1, -0.05) is 25.1 Å². The molecule has 2 fully saturated rings. The van der Waals surface area contributed by atoms with Gasteiger partial charge in [0.25, 0.3) is 0 Å². The Morgan fingerprint density at radius 2 is 2.05 bits per heavy atom. The summed E-state index contributed by atoms with van der Waals surface area (Å²) in [5.74, 6) is -0.129. The average Bonchev–Trinajstić information content (AvgIpc) is 3.12. The van der Waals surface area contributed by atoms with Gasteiger partial charge in [0, 0.05) is 30.1 Å². The molecule has 1 aliphatic heterocycles. The zero-order chi connectivity index (χ0) is 26.5. The van der Waals surface area contributed by atoms with Gasteiger partial charge in [0.2, 0.25) is 17.6 Å². The first-order chi connectivity index (χ1) is 17.4. The lowest BCUT2D eigenvalue weighted by Gasteiger charge is -2.33. The largest absolute Gasteiger partial charge is 0.406 e. The van der Waals surface area contributed by atoms with Crippen LogP contribution in [0.25, 0.3) is 22.4 Å². The minimum atomic E-state index is -4.50. The molecule has 8 nitrogen and oxygen atoms in total. The number of benzene rings is 1. The van der Waals surface area contributed by atoms with Crippen molar-refractivity contribution in [2.45, 2.75) is 58.2 Å². The molecule has 1 saturated heterocycles. The van der Waals surface area contributed by atoms with Crippen LogP contribution < -0.4 is 10.6 Å². The third-order valence-electron chi connectivity index (χ3n) is 7.31. The second-order valence-electron chi connectivity index (χ2n) is 10.8. The van der Waals surface area contributed by atoms with Crippen LogP contribution in [0.1, 0.15) is 32.6 Å². The van der Waals surface area contributed by atoms with Gasteiger partial charge in [0.1, 0.15) is 12.7 Å². The maximum Gasteiger partial charge on any atom is 0.406 e. The molecular formula is C25H30F4N6O2. The van der Waals surface area contributed by atoms with Crippen molar-refractivity contribution >= 4 is 22.5 Å². The van der Waals surface area contributed by atoms with E-state index in [1.54, 1.807) is 24.3 Å². The summed E-state index contributed by atoms with van der Waals surface area (Å²) in [6.07, 6.45) is -4.24. The number of carbonyl (C=O) groups is 1. The number of aromatic nitrogens is 3. The number of fused-ring (bicyclic) bond motifs is 1. The summed E-state index contributed by atoms with van der Waals surface area (Å²) in [6, 6.07) is 6.06.